The van der Waals surface area contributed by atoms with Crippen molar-refractivity contribution in [1.82, 2.24) is 19.9 Å². The van der Waals surface area contributed by atoms with E-state index in [4.69, 9.17) is 0 Å². The first-order valence-electron chi connectivity index (χ1n) is 6.93. The van der Waals surface area contributed by atoms with Gasteiger partial charge < -0.3 is 10.4 Å². The van der Waals surface area contributed by atoms with E-state index in [1.165, 1.54) is 24.4 Å². The lowest BCUT2D eigenvalue weighted by atomic mass is 10.1. The lowest BCUT2D eigenvalue weighted by Crippen LogP contribution is -2.32. The smallest absolute Gasteiger partial charge is 0.347 e. The van der Waals surface area contributed by atoms with Gasteiger partial charge in [-0.05, 0) is 24.3 Å². The summed E-state index contributed by atoms with van der Waals surface area (Å²) in [6, 6.07) is 4.82. The highest BCUT2D eigenvalue weighted by atomic mass is 19.1. The van der Waals surface area contributed by atoms with Crippen molar-refractivity contribution in [2.24, 2.45) is 0 Å². The molecule has 0 saturated heterocycles. The molecule has 2 aromatic heterocycles. The van der Waals surface area contributed by atoms with E-state index in [0.717, 1.165) is 16.5 Å². The van der Waals surface area contributed by atoms with E-state index in [2.05, 4.69) is 15.5 Å². The number of benzene rings is 1. The molecule has 0 fully saturated rings. The molecule has 0 bridgehead atoms. The van der Waals surface area contributed by atoms with Crippen molar-refractivity contribution in [3.05, 3.63) is 69.8 Å². The molecule has 3 N–H and O–H groups in total. The van der Waals surface area contributed by atoms with Gasteiger partial charge in [-0.25, -0.2) is 23.1 Å². The molecule has 9 heteroatoms. The number of pyridine rings is 1. The Morgan fingerprint density at radius 1 is 1.29 bits per heavy atom. The number of aromatic amines is 1. The second kappa shape index (κ2) is 6.20. The van der Waals surface area contributed by atoms with Crippen molar-refractivity contribution < 1.29 is 18.7 Å². The van der Waals surface area contributed by atoms with Crippen LogP contribution in [0.25, 0.3) is 5.65 Å². The zero-order valence-electron chi connectivity index (χ0n) is 12.2. The highest BCUT2D eigenvalue weighted by Gasteiger charge is 2.22. The third-order valence-corrected chi connectivity index (χ3v) is 3.51. The van der Waals surface area contributed by atoms with Crippen molar-refractivity contribution in [1.29, 1.82) is 0 Å². The molecular formula is C15H12F2N4O3. The molecule has 1 amide bonds. The minimum Gasteiger partial charge on any atom is -0.394 e. The molecule has 0 aliphatic carbocycles. The molecule has 7 nitrogen and oxygen atoms in total. The Bertz CT molecular complexity index is 947. The van der Waals surface area contributed by atoms with E-state index in [1.54, 1.807) is 0 Å². The van der Waals surface area contributed by atoms with Gasteiger partial charge in [0.1, 0.15) is 11.6 Å². The number of halogens is 2. The van der Waals surface area contributed by atoms with Crippen molar-refractivity contribution >= 4 is 11.6 Å². The molecule has 1 atom stereocenters. The fourth-order valence-electron chi connectivity index (χ4n) is 2.33. The summed E-state index contributed by atoms with van der Waals surface area (Å²) in [6.45, 7) is -0.697. The van der Waals surface area contributed by atoms with Crippen molar-refractivity contribution in [2.75, 3.05) is 6.61 Å². The molecule has 3 rings (SSSR count). The zero-order chi connectivity index (χ0) is 17.3. The number of aliphatic hydroxyl groups is 1. The summed E-state index contributed by atoms with van der Waals surface area (Å²) in [6.07, 6.45) is 1.24. The monoisotopic (exact) mass is 334 g/mol. The van der Waals surface area contributed by atoms with E-state index < -0.39 is 41.4 Å². The predicted octanol–water partition coefficient (Wildman–Crippen LogP) is 0.764. The highest BCUT2D eigenvalue weighted by molar-refractivity contribution is 5.94. The SMILES string of the molecule is O=C(NC(CO)c1c(F)cccc1F)c1ccc2n[nH]c(=O)n2c1. The Morgan fingerprint density at radius 2 is 2.00 bits per heavy atom. The lowest BCUT2D eigenvalue weighted by molar-refractivity contribution is 0.0913. The van der Waals surface area contributed by atoms with Crippen LogP contribution in [0.5, 0.6) is 0 Å². The number of carbonyl (C=O) groups is 1. The van der Waals surface area contributed by atoms with Crippen LogP contribution in [-0.4, -0.2) is 32.2 Å². The van der Waals surface area contributed by atoms with Crippen LogP contribution in [-0.2, 0) is 0 Å². The maximum atomic E-state index is 13.8. The van der Waals surface area contributed by atoms with Crippen molar-refractivity contribution in [3.63, 3.8) is 0 Å². The van der Waals surface area contributed by atoms with Gasteiger partial charge in [0.15, 0.2) is 5.65 Å². The summed E-state index contributed by atoms with van der Waals surface area (Å²) in [5.74, 6) is -2.46. The number of fused-ring (bicyclic) bond motifs is 1. The summed E-state index contributed by atoms with van der Waals surface area (Å²) < 4.78 is 28.7. The standard InChI is InChI=1S/C15H12F2N4O3/c16-9-2-1-3-10(17)13(9)11(7-22)18-14(23)8-4-5-12-19-20-15(24)21(12)6-8/h1-6,11,22H,7H2,(H,18,23)(H,20,24). The van der Waals surface area contributed by atoms with Gasteiger partial charge in [0.25, 0.3) is 5.91 Å². The van der Waals surface area contributed by atoms with Crippen molar-refractivity contribution in [2.45, 2.75) is 6.04 Å². The Morgan fingerprint density at radius 3 is 2.67 bits per heavy atom. The number of rotatable bonds is 4. The van der Waals surface area contributed by atoms with Crippen LogP contribution in [0.2, 0.25) is 0 Å². The fourth-order valence-corrected chi connectivity index (χ4v) is 2.33. The Hall–Kier alpha value is -3.07. The summed E-state index contributed by atoms with van der Waals surface area (Å²) in [5, 5.41) is 17.7. The molecule has 2 heterocycles. The molecule has 0 radical (unpaired) electrons. The Kier molecular flexibility index (Phi) is 4.09. The summed E-state index contributed by atoms with van der Waals surface area (Å²) in [5.41, 5.74) is -0.579. The first-order chi connectivity index (χ1) is 11.5. The molecule has 0 spiro atoms. The fraction of sp³-hybridized carbons (Fsp3) is 0.133. The summed E-state index contributed by atoms with van der Waals surface area (Å²) in [4.78, 5) is 23.8. The zero-order valence-corrected chi connectivity index (χ0v) is 12.2. The third kappa shape index (κ3) is 2.76. The second-order valence-electron chi connectivity index (χ2n) is 5.02. The number of aromatic nitrogens is 3. The van der Waals surface area contributed by atoms with E-state index in [0.29, 0.717) is 5.65 Å². The topological polar surface area (TPSA) is 99.5 Å². The largest absolute Gasteiger partial charge is 0.394 e. The van der Waals surface area contributed by atoms with Gasteiger partial charge in [-0.3, -0.25) is 4.79 Å². The number of aliphatic hydroxyl groups excluding tert-OH is 1. The van der Waals surface area contributed by atoms with E-state index in [-0.39, 0.29) is 5.56 Å². The van der Waals surface area contributed by atoms with Crippen LogP contribution in [0.3, 0.4) is 0 Å². The molecule has 124 valence electrons. The number of amides is 1. The Labute approximate surface area is 133 Å². The van der Waals surface area contributed by atoms with Gasteiger partial charge in [-0.2, -0.15) is 5.10 Å². The second-order valence-corrected chi connectivity index (χ2v) is 5.02. The molecule has 24 heavy (non-hydrogen) atoms. The van der Waals surface area contributed by atoms with Gasteiger partial charge in [0.2, 0.25) is 0 Å². The first kappa shape index (κ1) is 15.8. The molecular weight excluding hydrogens is 322 g/mol. The Balaban J connectivity index is 1.91. The summed E-state index contributed by atoms with van der Waals surface area (Å²) >= 11 is 0. The molecule has 0 saturated carbocycles. The predicted molar refractivity (Wildman–Crippen MR) is 79.5 cm³/mol. The number of nitrogens with zero attached hydrogens (tertiary/aromatic N) is 2. The maximum Gasteiger partial charge on any atom is 0.347 e. The van der Waals surface area contributed by atoms with E-state index in [1.807, 2.05) is 0 Å². The van der Waals surface area contributed by atoms with Crippen LogP contribution < -0.4 is 11.0 Å². The van der Waals surface area contributed by atoms with Crippen LogP contribution >= 0.6 is 0 Å². The minimum absolute atomic E-state index is 0.0706. The quantitative estimate of drug-likeness (QED) is 0.656. The molecule has 0 aliphatic rings. The van der Waals surface area contributed by atoms with Crippen LogP contribution in [0, 0.1) is 11.6 Å². The van der Waals surface area contributed by atoms with Gasteiger partial charge in [0.05, 0.1) is 18.2 Å². The van der Waals surface area contributed by atoms with Gasteiger partial charge in [-0.15, -0.1) is 0 Å². The van der Waals surface area contributed by atoms with E-state index in [9.17, 15) is 23.5 Å². The van der Waals surface area contributed by atoms with E-state index >= 15 is 0 Å². The van der Waals surface area contributed by atoms with Gasteiger partial charge >= 0.3 is 5.69 Å². The lowest BCUT2D eigenvalue weighted by Gasteiger charge is -2.18. The summed E-state index contributed by atoms with van der Waals surface area (Å²) in [7, 11) is 0. The first-order valence-corrected chi connectivity index (χ1v) is 6.93. The average molecular weight is 334 g/mol. The molecule has 1 aromatic carbocycles. The molecule has 0 aliphatic heterocycles. The number of H-pyrrole nitrogens is 1. The molecule has 1 unspecified atom stereocenters. The number of hydrogen-bond acceptors (Lipinski definition) is 4. The maximum absolute atomic E-state index is 13.8. The van der Waals surface area contributed by atoms with Gasteiger partial charge in [0, 0.05) is 11.8 Å². The van der Waals surface area contributed by atoms with Crippen LogP contribution in [0.1, 0.15) is 22.0 Å². The van der Waals surface area contributed by atoms with Gasteiger partial charge in [-0.1, -0.05) is 6.07 Å². The third-order valence-electron chi connectivity index (χ3n) is 3.51. The van der Waals surface area contributed by atoms with Crippen LogP contribution in [0.15, 0.2) is 41.3 Å². The van der Waals surface area contributed by atoms with Crippen molar-refractivity contribution in [3.8, 4) is 0 Å². The normalized spacial score (nSPS) is 12.3. The minimum atomic E-state index is -1.27. The van der Waals surface area contributed by atoms with Crippen LogP contribution in [0.4, 0.5) is 8.78 Å². The highest BCUT2D eigenvalue weighted by Crippen LogP contribution is 2.21. The average Bonchev–Trinajstić information content (AvgIpc) is 2.94. The number of hydrogen-bond donors (Lipinski definition) is 3. The number of carbonyl (C=O) groups excluding carboxylic acids is 1. The number of nitrogens with one attached hydrogen (secondary N) is 2. The molecule has 3 aromatic rings.